The van der Waals surface area contributed by atoms with E-state index in [0.717, 1.165) is 0 Å². The van der Waals surface area contributed by atoms with E-state index in [9.17, 15) is 4.79 Å². The third kappa shape index (κ3) is 3.45. The number of ether oxygens (including phenoxy) is 2. The van der Waals surface area contributed by atoms with E-state index in [1.54, 1.807) is 14.1 Å². The first-order chi connectivity index (χ1) is 11.0. The average Bonchev–Trinajstić information content (AvgIpc) is 2.95. The quantitative estimate of drug-likeness (QED) is 0.834. The van der Waals surface area contributed by atoms with Crippen LogP contribution in [-0.4, -0.2) is 71.3 Å². The predicted octanol–water partition coefficient (Wildman–Crippen LogP) is 1.04. The number of nitrogens with zero attached hydrogens (tertiary/aromatic N) is 5. The molecule has 10 heteroatoms. The molecule has 0 aromatic carbocycles. The Hall–Kier alpha value is -2.13. The van der Waals surface area contributed by atoms with Crippen molar-refractivity contribution in [2.45, 2.75) is 6.61 Å². The maximum absolute atomic E-state index is 11.5. The number of morpholine rings is 1. The van der Waals surface area contributed by atoms with Gasteiger partial charge in [0.2, 0.25) is 5.28 Å². The summed E-state index contributed by atoms with van der Waals surface area (Å²) < 4.78 is 10.5. The molecule has 2 aromatic rings. The molecule has 9 nitrogen and oxygen atoms in total. The smallest absolute Gasteiger partial charge is 0.409 e. The number of H-pyrrole nitrogens is 1. The summed E-state index contributed by atoms with van der Waals surface area (Å²) in [5.41, 5.74) is 1.12. The molecule has 0 radical (unpaired) electrons. The Labute approximate surface area is 137 Å². The standard InChI is InChI=1S/C13H17ClN6O3/c1-19(2)13(21)23-7-8-15-9-10(16-8)17-12(14)18-11(9)20-3-5-22-6-4-20/h3-7H2,1-2H3,(H,15,16,17,18). The minimum absolute atomic E-state index is 0.0214. The van der Waals surface area contributed by atoms with E-state index in [1.807, 2.05) is 0 Å². The van der Waals surface area contributed by atoms with Crippen LogP contribution in [-0.2, 0) is 16.1 Å². The summed E-state index contributed by atoms with van der Waals surface area (Å²) in [6, 6.07) is 0. The van der Waals surface area contributed by atoms with E-state index in [1.165, 1.54) is 4.90 Å². The van der Waals surface area contributed by atoms with Crippen molar-refractivity contribution < 1.29 is 14.3 Å². The number of rotatable bonds is 3. The Kier molecular flexibility index (Phi) is 4.49. The lowest BCUT2D eigenvalue weighted by Gasteiger charge is -2.27. The Morgan fingerprint density at radius 2 is 2.09 bits per heavy atom. The van der Waals surface area contributed by atoms with Crippen LogP contribution in [0.4, 0.5) is 10.6 Å². The van der Waals surface area contributed by atoms with Gasteiger partial charge in [0.1, 0.15) is 11.3 Å². The minimum Gasteiger partial charge on any atom is -0.441 e. The monoisotopic (exact) mass is 340 g/mol. The van der Waals surface area contributed by atoms with Crippen molar-refractivity contribution in [3.05, 3.63) is 11.1 Å². The molecule has 3 heterocycles. The second kappa shape index (κ2) is 6.55. The van der Waals surface area contributed by atoms with E-state index >= 15 is 0 Å². The zero-order valence-electron chi connectivity index (χ0n) is 12.9. The molecular weight excluding hydrogens is 324 g/mol. The van der Waals surface area contributed by atoms with E-state index in [4.69, 9.17) is 21.1 Å². The summed E-state index contributed by atoms with van der Waals surface area (Å²) in [5, 5.41) is 0.127. The molecule has 0 spiro atoms. The lowest BCUT2D eigenvalue weighted by Crippen LogP contribution is -2.37. The highest BCUT2D eigenvalue weighted by molar-refractivity contribution is 6.28. The molecule has 1 fully saturated rings. The van der Waals surface area contributed by atoms with Gasteiger partial charge in [0.15, 0.2) is 18.1 Å². The molecule has 1 aliphatic heterocycles. The third-order valence-corrected chi connectivity index (χ3v) is 3.53. The van der Waals surface area contributed by atoms with Crippen LogP contribution < -0.4 is 4.90 Å². The number of halogens is 1. The summed E-state index contributed by atoms with van der Waals surface area (Å²) >= 11 is 6.00. The Morgan fingerprint density at radius 3 is 2.78 bits per heavy atom. The summed E-state index contributed by atoms with van der Waals surface area (Å²) in [6.07, 6.45) is -0.442. The van der Waals surface area contributed by atoms with Gasteiger partial charge in [0, 0.05) is 27.2 Å². The molecule has 0 saturated carbocycles. The molecule has 23 heavy (non-hydrogen) atoms. The van der Waals surface area contributed by atoms with Gasteiger partial charge in [0.05, 0.1) is 13.2 Å². The van der Waals surface area contributed by atoms with Crippen molar-refractivity contribution in [1.82, 2.24) is 24.8 Å². The molecule has 1 saturated heterocycles. The third-order valence-electron chi connectivity index (χ3n) is 3.36. The van der Waals surface area contributed by atoms with Crippen molar-refractivity contribution in [1.29, 1.82) is 0 Å². The van der Waals surface area contributed by atoms with E-state index < -0.39 is 6.09 Å². The van der Waals surface area contributed by atoms with Crippen molar-refractivity contribution in [3.63, 3.8) is 0 Å². The normalized spacial score (nSPS) is 15.0. The highest BCUT2D eigenvalue weighted by Crippen LogP contribution is 2.24. The highest BCUT2D eigenvalue weighted by atomic mass is 35.5. The van der Waals surface area contributed by atoms with Crippen molar-refractivity contribution in [3.8, 4) is 0 Å². The fraction of sp³-hybridized carbons (Fsp3) is 0.538. The van der Waals surface area contributed by atoms with Gasteiger partial charge in [-0.25, -0.2) is 9.78 Å². The van der Waals surface area contributed by atoms with E-state index in [2.05, 4.69) is 24.8 Å². The van der Waals surface area contributed by atoms with Crippen LogP contribution in [0.3, 0.4) is 0 Å². The second-order valence-electron chi connectivity index (χ2n) is 5.25. The first-order valence-electron chi connectivity index (χ1n) is 7.13. The maximum Gasteiger partial charge on any atom is 0.409 e. The number of nitrogens with one attached hydrogen (secondary N) is 1. The zero-order valence-corrected chi connectivity index (χ0v) is 13.6. The number of anilines is 1. The largest absolute Gasteiger partial charge is 0.441 e. The number of fused-ring (bicyclic) bond motifs is 1. The van der Waals surface area contributed by atoms with Crippen LogP contribution >= 0.6 is 11.6 Å². The molecular formula is C13H17ClN6O3. The molecule has 0 bridgehead atoms. The van der Waals surface area contributed by atoms with Gasteiger partial charge >= 0.3 is 6.09 Å². The van der Waals surface area contributed by atoms with Gasteiger partial charge in [0.25, 0.3) is 0 Å². The molecule has 1 amide bonds. The first kappa shape index (κ1) is 15.8. The van der Waals surface area contributed by atoms with E-state index in [-0.39, 0.29) is 11.9 Å². The number of hydrogen-bond acceptors (Lipinski definition) is 7. The van der Waals surface area contributed by atoms with Crippen molar-refractivity contribution in [2.24, 2.45) is 0 Å². The van der Waals surface area contributed by atoms with E-state index in [0.29, 0.717) is 49.1 Å². The Balaban J connectivity index is 1.87. The maximum atomic E-state index is 11.5. The fourth-order valence-corrected chi connectivity index (χ4v) is 2.40. The molecule has 2 aromatic heterocycles. The van der Waals surface area contributed by atoms with Gasteiger partial charge in [-0.1, -0.05) is 0 Å². The zero-order chi connectivity index (χ0) is 16.4. The first-order valence-corrected chi connectivity index (χ1v) is 7.51. The lowest BCUT2D eigenvalue weighted by atomic mass is 10.4. The van der Waals surface area contributed by atoms with Crippen LogP contribution in [0.2, 0.25) is 5.28 Å². The van der Waals surface area contributed by atoms with Crippen molar-refractivity contribution in [2.75, 3.05) is 45.3 Å². The number of amides is 1. The van der Waals surface area contributed by atoms with Crippen LogP contribution in [0.25, 0.3) is 11.2 Å². The molecule has 3 rings (SSSR count). The van der Waals surface area contributed by atoms with Gasteiger partial charge in [-0.05, 0) is 11.6 Å². The SMILES string of the molecule is CN(C)C(=O)OCc1nc2nc(Cl)nc(N3CCOCC3)c2[nH]1. The second-order valence-corrected chi connectivity index (χ2v) is 5.58. The topological polar surface area (TPSA) is 96.5 Å². The Bertz CT molecular complexity index is 713. The predicted molar refractivity (Wildman–Crippen MR) is 83.6 cm³/mol. The van der Waals surface area contributed by atoms with Crippen LogP contribution in [0.1, 0.15) is 5.82 Å². The molecule has 1 aliphatic rings. The average molecular weight is 341 g/mol. The Morgan fingerprint density at radius 1 is 1.35 bits per heavy atom. The number of aromatic nitrogens is 4. The summed E-state index contributed by atoms with van der Waals surface area (Å²) in [7, 11) is 3.23. The summed E-state index contributed by atoms with van der Waals surface area (Å²) in [6.45, 7) is 2.71. The van der Waals surface area contributed by atoms with Gasteiger partial charge in [-0.15, -0.1) is 0 Å². The van der Waals surface area contributed by atoms with Crippen LogP contribution in [0.5, 0.6) is 0 Å². The molecule has 0 atom stereocenters. The van der Waals surface area contributed by atoms with Crippen LogP contribution in [0, 0.1) is 0 Å². The number of imidazole rings is 1. The van der Waals surface area contributed by atoms with Gasteiger partial charge in [-0.2, -0.15) is 9.97 Å². The number of carbonyl (C=O) groups excluding carboxylic acids is 1. The number of carbonyl (C=O) groups is 1. The van der Waals surface area contributed by atoms with Gasteiger partial charge < -0.3 is 24.3 Å². The molecule has 0 aliphatic carbocycles. The summed E-state index contributed by atoms with van der Waals surface area (Å²) in [4.78, 5) is 30.7. The fourth-order valence-electron chi connectivity index (χ4n) is 2.24. The number of aromatic amines is 1. The van der Waals surface area contributed by atoms with Gasteiger partial charge in [-0.3, -0.25) is 0 Å². The lowest BCUT2D eigenvalue weighted by molar-refractivity contribution is 0.110. The summed E-state index contributed by atoms with van der Waals surface area (Å²) in [5.74, 6) is 1.17. The van der Waals surface area contributed by atoms with Crippen molar-refractivity contribution >= 4 is 34.7 Å². The highest BCUT2D eigenvalue weighted by Gasteiger charge is 2.20. The molecule has 1 N–H and O–H groups in total. The van der Waals surface area contributed by atoms with Crippen LogP contribution in [0.15, 0.2) is 0 Å². The molecule has 0 unspecified atom stereocenters. The molecule has 124 valence electrons. The number of hydrogen-bond donors (Lipinski definition) is 1. The minimum atomic E-state index is -0.442.